The summed E-state index contributed by atoms with van der Waals surface area (Å²) in [6.07, 6.45) is 0. The Bertz CT molecular complexity index is 564. The number of carbonyl (C=O) groups is 1. The fraction of sp³-hybridized carbons (Fsp3) is 0.267. The van der Waals surface area contributed by atoms with Crippen molar-refractivity contribution in [1.82, 2.24) is 5.32 Å². The molecular weight excluding hydrogens is 258 g/mol. The van der Waals surface area contributed by atoms with E-state index in [9.17, 15) is 9.90 Å². The highest BCUT2D eigenvalue weighted by Crippen LogP contribution is 2.19. The maximum absolute atomic E-state index is 11.4. The number of aryl methyl sites for hydroxylation is 2. The van der Waals surface area contributed by atoms with Crippen molar-refractivity contribution in [2.45, 2.75) is 26.4 Å². The lowest BCUT2D eigenvalue weighted by molar-refractivity contribution is -0.139. The third kappa shape index (κ3) is 3.43. The predicted octanol–water partition coefficient (Wildman–Crippen LogP) is 3.28. The number of benzene rings is 1. The van der Waals surface area contributed by atoms with Gasteiger partial charge in [0.05, 0.1) is 0 Å². The van der Waals surface area contributed by atoms with Crippen LogP contribution in [-0.4, -0.2) is 11.1 Å². The normalized spacial score (nSPS) is 12.3. The summed E-state index contributed by atoms with van der Waals surface area (Å²) in [5, 5.41) is 14.4. The first kappa shape index (κ1) is 13.8. The van der Waals surface area contributed by atoms with Crippen LogP contribution in [0.1, 0.15) is 27.6 Å². The Balaban J connectivity index is 2.15. The van der Waals surface area contributed by atoms with Crippen molar-refractivity contribution >= 4 is 17.3 Å². The van der Waals surface area contributed by atoms with Gasteiger partial charge in [0.1, 0.15) is 6.04 Å². The highest BCUT2D eigenvalue weighted by atomic mass is 32.1. The van der Waals surface area contributed by atoms with E-state index in [1.54, 1.807) is 11.3 Å². The van der Waals surface area contributed by atoms with Gasteiger partial charge in [-0.25, -0.2) is 0 Å². The zero-order valence-electron chi connectivity index (χ0n) is 11.0. The van der Waals surface area contributed by atoms with Crippen molar-refractivity contribution < 1.29 is 9.90 Å². The molecular formula is C15H17NO2S. The molecule has 0 spiro atoms. The van der Waals surface area contributed by atoms with Gasteiger partial charge in [-0.3, -0.25) is 10.1 Å². The molecule has 1 aromatic heterocycles. The molecule has 2 rings (SSSR count). The molecule has 0 bridgehead atoms. The lowest BCUT2D eigenvalue weighted by Crippen LogP contribution is -2.27. The third-order valence-electron chi connectivity index (χ3n) is 3.17. The molecule has 0 radical (unpaired) electrons. The quantitative estimate of drug-likeness (QED) is 0.880. The Morgan fingerprint density at radius 1 is 1.32 bits per heavy atom. The topological polar surface area (TPSA) is 49.3 Å². The summed E-state index contributed by atoms with van der Waals surface area (Å²) in [4.78, 5) is 12.5. The van der Waals surface area contributed by atoms with Gasteiger partial charge in [0.25, 0.3) is 0 Å². The average Bonchev–Trinajstić information content (AvgIpc) is 2.86. The highest BCUT2D eigenvalue weighted by Gasteiger charge is 2.19. The largest absolute Gasteiger partial charge is 0.480 e. The van der Waals surface area contributed by atoms with E-state index < -0.39 is 12.0 Å². The van der Waals surface area contributed by atoms with Crippen molar-refractivity contribution in [1.29, 1.82) is 0 Å². The molecule has 0 saturated heterocycles. The minimum absolute atomic E-state index is 0.571. The molecule has 1 unspecified atom stereocenters. The van der Waals surface area contributed by atoms with E-state index in [4.69, 9.17) is 0 Å². The summed E-state index contributed by atoms with van der Waals surface area (Å²) < 4.78 is 0. The number of nitrogens with one attached hydrogen (secondary N) is 1. The van der Waals surface area contributed by atoms with Crippen molar-refractivity contribution in [3.8, 4) is 0 Å². The van der Waals surface area contributed by atoms with Gasteiger partial charge in [-0.1, -0.05) is 24.3 Å². The molecule has 1 atom stereocenters. The highest BCUT2D eigenvalue weighted by molar-refractivity contribution is 7.09. The maximum Gasteiger partial charge on any atom is 0.325 e. The van der Waals surface area contributed by atoms with E-state index >= 15 is 0 Å². The summed E-state index contributed by atoms with van der Waals surface area (Å²) in [6, 6.07) is 9.08. The van der Waals surface area contributed by atoms with Crippen LogP contribution < -0.4 is 5.32 Å². The number of carboxylic acids is 1. The molecule has 1 aromatic carbocycles. The van der Waals surface area contributed by atoms with Crippen LogP contribution in [-0.2, 0) is 11.3 Å². The Labute approximate surface area is 116 Å². The van der Waals surface area contributed by atoms with Gasteiger partial charge in [-0.05, 0) is 42.0 Å². The lowest BCUT2D eigenvalue weighted by Gasteiger charge is -2.15. The van der Waals surface area contributed by atoms with E-state index in [-0.39, 0.29) is 0 Å². The van der Waals surface area contributed by atoms with Crippen molar-refractivity contribution in [2.75, 3.05) is 0 Å². The van der Waals surface area contributed by atoms with E-state index in [2.05, 4.69) is 5.32 Å². The minimum atomic E-state index is -0.847. The Morgan fingerprint density at radius 3 is 2.68 bits per heavy atom. The number of hydrogen-bond acceptors (Lipinski definition) is 3. The summed E-state index contributed by atoms with van der Waals surface area (Å²) in [5.74, 6) is -0.847. The second-order valence-corrected chi connectivity index (χ2v) is 5.61. The van der Waals surface area contributed by atoms with Crippen LogP contribution in [0.3, 0.4) is 0 Å². The molecule has 2 N–H and O–H groups in total. The number of thiophene rings is 1. The first-order valence-corrected chi connectivity index (χ1v) is 7.01. The van der Waals surface area contributed by atoms with Crippen molar-refractivity contribution in [3.63, 3.8) is 0 Å². The van der Waals surface area contributed by atoms with Crippen LogP contribution in [0, 0.1) is 13.8 Å². The first-order valence-electron chi connectivity index (χ1n) is 6.13. The molecule has 0 aliphatic heterocycles. The van der Waals surface area contributed by atoms with Gasteiger partial charge in [-0.2, -0.15) is 0 Å². The van der Waals surface area contributed by atoms with Crippen molar-refractivity contribution in [3.05, 3.63) is 57.3 Å². The van der Waals surface area contributed by atoms with Crippen molar-refractivity contribution in [2.24, 2.45) is 0 Å². The summed E-state index contributed by atoms with van der Waals surface area (Å²) >= 11 is 1.62. The van der Waals surface area contributed by atoms with Crippen LogP contribution in [0.4, 0.5) is 0 Å². The predicted molar refractivity (Wildman–Crippen MR) is 77.5 cm³/mol. The van der Waals surface area contributed by atoms with E-state index in [0.717, 1.165) is 16.0 Å². The van der Waals surface area contributed by atoms with Crippen LogP contribution in [0.25, 0.3) is 0 Å². The molecule has 4 heteroatoms. The maximum atomic E-state index is 11.4. The van der Waals surface area contributed by atoms with Gasteiger partial charge in [0, 0.05) is 11.4 Å². The molecule has 0 aliphatic rings. The van der Waals surface area contributed by atoms with Gasteiger partial charge in [0.15, 0.2) is 0 Å². The number of aliphatic carboxylic acids is 1. The zero-order chi connectivity index (χ0) is 13.8. The van der Waals surface area contributed by atoms with Crippen LogP contribution >= 0.6 is 11.3 Å². The summed E-state index contributed by atoms with van der Waals surface area (Å²) in [6.45, 7) is 4.59. The lowest BCUT2D eigenvalue weighted by atomic mass is 10.0. The zero-order valence-corrected chi connectivity index (χ0v) is 11.8. The van der Waals surface area contributed by atoms with Gasteiger partial charge in [0.2, 0.25) is 0 Å². The third-order valence-corrected chi connectivity index (χ3v) is 4.05. The molecule has 3 nitrogen and oxygen atoms in total. The molecule has 2 aromatic rings. The molecule has 100 valence electrons. The van der Waals surface area contributed by atoms with Crippen LogP contribution in [0.15, 0.2) is 35.7 Å². The second-order valence-electron chi connectivity index (χ2n) is 4.58. The monoisotopic (exact) mass is 275 g/mol. The van der Waals surface area contributed by atoms with Gasteiger partial charge >= 0.3 is 5.97 Å². The SMILES string of the molecule is Cc1ccc(C(NCc2cccs2)C(=O)O)cc1C. The molecule has 19 heavy (non-hydrogen) atoms. The Kier molecular flexibility index (Phi) is 4.35. The number of carboxylic acid groups (broad SMARTS) is 1. The standard InChI is InChI=1S/C15H17NO2S/c1-10-5-6-12(8-11(10)2)14(15(17)18)16-9-13-4-3-7-19-13/h3-8,14,16H,9H2,1-2H3,(H,17,18). The van der Waals surface area contributed by atoms with Crippen LogP contribution in [0.2, 0.25) is 0 Å². The average molecular weight is 275 g/mol. The Morgan fingerprint density at radius 2 is 2.11 bits per heavy atom. The van der Waals surface area contributed by atoms with Crippen LogP contribution in [0.5, 0.6) is 0 Å². The molecule has 0 aliphatic carbocycles. The first-order chi connectivity index (χ1) is 9.08. The number of rotatable bonds is 5. The summed E-state index contributed by atoms with van der Waals surface area (Å²) in [7, 11) is 0. The molecule has 0 amide bonds. The molecule has 0 saturated carbocycles. The fourth-order valence-electron chi connectivity index (χ4n) is 1.91. The van der Waals surface area contributed by atoms with E-state index in [0.29, 0.717) is 6.54 Å². The van der Waals surface area contributed by atoms with Gasteiger partial charge in [-0.15, -0.1) is 11.3 Å². The van der Waals surface area contributed by atoms with E-state index in [1.807, 2.05) is 49.6 Å². The fourth-order valence-corrected chi connectivity index (χ4v) is 2.56. The molecule has 1 heterocycles. The van der Waals surface area contributed by atoms with Gasteiger partial charge < -0.3 is 5.11 Å². The summed E-state index contributed by atoms with van der Waals surface area (Å²) in [5.41, 5.74) is 3.08. The molecule has 0 fully saturated rings. The smallest absolute Gasteiger partial charge is 0.325 e. The second kappa shape index (κ2) is 5.99. The minimum Gasteiger partial charge on any atom is -0.480 e. The Hall–Kier alpha value is -1.65. The number of hydrogen-bond donors (Lipinski definition) is 2. The van der Waals surface area contributed by atoms with E-state index in [1.165, 1.54) is 5.56 Å².